The summed E-state index contributed by atoms with van der Waals surface area (Å²) in [5.74, 6) is 0.515. The van der Waals surface area contributed by atoms with Crippen molar-refractivity contribution in [3.05, 3.63) is 77.5 Å². The number of fused-ring (bicyclic) bond motifs is 1. The van der Waals surface area contributed by atoms with Gasteiger partial charge in [0.1, 0.15) is 11.0 Å². The molecule has 0 fully saturated rings. The summed E-state index contributed by atoms with van der Waals surface area (Å²) < 4.78 is 7.82. The van der Waals surface area contributed by atoms with Crippen molar-refractivity contribution in [1.29, 1.82) is 0 Å². The van der Waals surface area contributed by atoms with E-state index in [9.17, 15) is 4.79 Å². The van der Waals surface area contributed by atoms with Gasteiger partial charge in [-0.1, -0.05) is 88.9 Å². The zero-order chi connectivity index (χ0) is 22.6. The molecule has 33 heavy (non-hydrogen) atoms. The van der Waals surface area contributed by atoms with Crippen molar-refractivity contribution in [2.24, 2.45) is 0 Å². The highest BCUT2D eigenvalue weighted by molar-refractivity contribution is 8.01. The van der Waals surface area contributed by atoms with Crippen molar-refractivity contribution in [1.82, 2.24) is 30.4 Å². The molecule has 0 amide bonds. The van der Waals surface area contributed by atoms with Crippen LogP contribution in [-0.2, 0) is 9.53 Å². The number of aromatic nitrogens is 6. The zero-order valence-electron chi connectivity index (χ0n) is 17.6. The Hall–Kier alpha value is -3.57. The van der Waals surface area contributed by atoms with Crippen LogP contribution in [0.5, 0.6) is 0 Å². The van der Waals surface area contributed by atoms with E-state index in [1.165, 1.54) is 23.1 Å². The van der Waals surface area contributed by atoms with Gasteiger partial charge in [0.2, 0.25) is 5.95 Å². The molecule has 3 heterocycles. The second-order valence-electron chi connectivity index (χ2n) is 7.03. The molecule has 0 saturated heterocycles. The van der Waals surface area contributed by atoms with E-state index in [-0.39, 0.29) is 6.61 Å². The van der Waals surface area contributed by atoms with E-state index in [0.717, 1.165) is 20.5 Å². The van der Waals surface area contributed by atoms with E-state index in [2.05, 4.69) is 31.0 Å². The maximum atomic E-state index is 13.1. The molecule has 5 rings (SSSR count). The van der Waals surface area contributed by atoms with Crippen LogP contribution in [0.1, 0.15) is 18.5 Å². The number of carbonyl (C=O) groups excluding carboxylic acids is 1. The number of rotatable bonds is 7. The normalized spacial score (nSPS) is 15.1. The molecular weight excluding hydrogens is 458 g/mol. The standard InChI is InChI=1S/C22H19N7O2S2/c1-2-31-20(30)17-16(13-32-22-26-24-19(33-22)15-11-7-4-8-12-15)23-21-25-27-28-29(21)18(17)14-9-5-3-6-10-14/h3-12,18H,2,13H2,1H3,(H,23,25,28). The van der Waals surface area contributed by atoms with Crippen molar-refractivity contribution in [3.63, 3.8) is 0 Å². The summed E-state index contributed by atoms with van der Waals surface area (Å²) in [6, 6.07) is 19.1. The minimum absolute atomic E-state index is 0.267. The van der Waals surface area contributed by atoms with E-state index in [1.807, 2.05) is 60.7 Å². The van der Waals surface area contributed by atoms with Crippen LogP contribution in [0.25, 0.3) is 10.6 Å². The lowest BCUT2D eigenvalue weighted by molar-refractivity contribution is -0.139. The predicted octanol–water partition coefficient (Wildman–Crippen LogP) is 3.82. The first-order valence-corrected chi connectivity index (χ1v) is 12.1. The smallest absolute Gasteiger partial charge is 0.338 e. The van der Waals surface area contributed by atoms with E-state index in [1.54, 1.807) is 11.6 Å². The van der Waals surface area contributed by atoms with Gasteiger partial charge in [0.25, 0.3) is 0 Å². The van der Waals surface area contributed by atoms with Gasteiger partial charge >= 0.3 is 5.97 Å². The average molecular weight is 478 g/mol. The first-order valence-electron chi connectivity index (χ1n) is 10.3. The Morgan fingerprint density at radius 2 is 1.85 bits per heavy atom. The fourth-order valence-corrected chi connectivity index (χ4v) is 5.37. The largest absolute Gasteiger partial charge is 0.463 e. The molecule has 0 bridgehead atoms. The first-order chi connectivity index (χ1) is 16.2. The zero-order valence-corrected chi connectivity index (χ0v) is 19.2. The highest BCUT2D eigenvalue weighted by Gasteiger charge is 2.36. The number of nitrogens with one attached hydrogen (secondary N) is 1. The summed E-state index contributed by atoms with van der Waals surface area (Å²) in [5, 5.41) is 24.7. The summed E-state index contributed by atoms with van der Waals surface area (Å²) in [4.78, 5) is 13.1. The highest BCUT2D eigenvalue weighted by Crippen LogP contribution is 2.37. The molecule has 4 aromatic rings. The SMILES string of the molecule is CCOC(=O)C1=C(CSc2nnc(-c3ccccc3)s2)Nc2nnnn2C1c1ccccc1. The van der Waals surface area contributed by atoms with Crippen molar-refractivity contribution < 1.29 is 9.53 Å². The van der Waals surface area contributed by atoms with Gasteiger partial charge < -0.3 is 10.1 Å². The van der Waals surface area contributed by atoms with Crippen LogP contribution in [0, 0.1) is 0 Å². The Morgan fingerprint density at radius 1 is 1.09 bits per heavy atom. The van der Waals surface area contributed by atoms with Crippen molar-refractivity contribution >= 4 is 35.0 Å². The molecule has 1 unspecified atom stereocenters. The van der Waals surface area contributed by atoms with Gasteiger partial charge in [-0.15, -0.1) is 10.2 Å². The third-order valence-electron chi connectivity index (χ3n) is 4.98. The lowest BCUT2D eigenvalue weighted by atomic mass is 9.96. The number of benzene rings is 2. The van der Waals surface area contributed by atoms with E-state index in [0.29, 0.717) is 23.0 Å². The van der Waals surface area contributed by atoms with Crippen molar-refractivity contribution in [2.45, 2.75) is 17.3 Å². The fraction of sp³-hybridized carbons (Fsp3) is 0.182. The molecule has 1 aliphatic heterocycles. The summed E-state index contributed by atoms with van der Waals surface area (Å²) in [6.45, 7) is 2.05. The van der Waals surface area contributed by atoms with Crippen LogP contribution in [0.4, 0.5) is 5.95 Å². The maximum Gasteiger partial charge on any atom is 0.338 e. The molecule has 2 aromatic heterocycles. The Kier molecular flexibility index (Phi) is 6.13. The molecule has 0 aliphatic carbocycles. The van der Waals surface area contributed by atoms with Crippen LogP contribution >= 0.6 is 23.1 Å². The van der Waals surface area contributed by atoms with Crippen molar-refractivity contribution in [3.8, 4) is 10.6 Å². The number of hydrogen-bond acceptors (Lipinski definition) is 10. The minimum atomic E-state index is -0.499. The fourth-order valence-electron chi connectivity index (χ4n) is 3.54. The summed E-state index contributed by atoms with van der Waals surface area (Å²) in [7, 11) is 0. The second-order valence-corrected chi connectivity index (χ2v) is 9.23. The van der Waals surface area contributed by atoms with Gasteiger partial charge in [0, 0.05) is 17.0 Å². The summed E-state index contributed by atoms with van der Waals surface area (Å²) in [5.41, 5.74) is 3.07. The average Bonchev–Trinajstić information content (AvgIpc) is 3.52. The molecule has 1 N–H and O–H groups in total. The molecular formula is C22H19N7O2S2. The van der Waals surface area contributed by atoms with Gasteiger partial charge in [-0.2, -0.15) is 4.68 Å². The molecule has 0 spiro atoms. The van der Waals surface area contributed by atoms with E-state index < -0.39 is 12.0 Å². The Balaban J connectivity index is 1.48. The van der Waals surface area contributed by atoms with Crippen LogP contribution in [0.2, 0.25) is 0 Å². The number of tetrazole rings is 1. The summed E-state index contributed by atoms with van der Waals surface area (Å²) in [6.07, 6.45) is 0. The quantitative estimate of drug-likeness (QED) is 0.314. The van der Waals surface area contributed by atoms with Gasteiger partial charge in [-0.25, -0.2) is 4.79 Å². The number of nitrogens with zero attached hydrogens (tertiary/aromatic N) is 6. The maximum absolute atomic E-state index is 13.1. The number of ether oxygens (including phenoxy) is 1. The Labute approximate surface area is 197 Å². The lowest BCUT2D eigenvalue weighted by Gasteiger charge is -2.28. The van der Waals surface area contributed by atoms with Gasteiger partial charge in [-0.05, 0) is 22.9 Å². The number of hydrogen-bond donors (Lipinski definition) is 1. The van der Waals surface area contributed by atoms with Gasteiger partial charge in [0.05, 0.1) is 12.2 Å². The van der Waals surface area contributed by atoms with Crippen LogP contribution < -0.4 is 5.32 Å². The molecule has 0 radical (unpaired) electrons. The topological polar surface area (TPSA) is 108 Å². The Bertz CT molecular complexity index is 1290. The molecule has 1 aliphatic rings. The van der Waals surface area contributed by atoms with Crippen LogP contribution in [0.3, 0.4) is 0 Å². The van der Waals surface area contributed by atoms with Crippen LogP contribution in [-0.4, -0.2) is 48.7 Å². The number of thioether (sulfide) groups is 1. The molecule has 11 heteroatoms. The predicted molar refractivity (Wildman–Crippen MR) is 126 cm³/mol. The molecule has 1 atom stereocenters. The molecule has 9 nitrogen and oxygen atoms in total. The third kappa shape index (κ3) is 4.37. The first kappa shape index (κ1) is 21.3. The van der Waals surface area contributed by atoms with Gasteiger partial charge in [0.15, 0.2) is 4.34 Å². The minimum Gasteiger partial charge on any atom is -0.463 e. The van der Waals surface area contributed by atoms with Gasteiger partial charge in [-0.3, -0.25) is 0 Å². The molecule has 0 saturated carbocycles. The van der Waals surface area contributed by atoms with Crippen molar-refractivity contribution in [2.75, 3.05) is 17.7 Å². The highest BCUT2D eigenvalue weighted by atomic mass is 32.2. The lowest BCUT2D eigenvalue weighted by Crippen LogP contribution is -2.31. The van der Waals surface area contributed by atoms with E-state index >= 15 is 0 Å². The van der Waals surface area contributed by atoms with E-state index in [4.69, 9.17) is 4.74 Å². The number of carbonyl (C=O) groups is 1. The second kappa shape index (κ2) is 9.51. The molecule has 166 valence electrons. The third-order valence-corrected chi connectivity index (χ3v) is 7.11. The number of anilines is 1. The number of esters is 1. The van der Waals surface area contributed by atoms with Crippen LogP contribution in [0.15, 0.2) is 76.3 Å². The molecule has 2 aromatic carbocycles. The monoisotopic (exact) mass is 477 g/mol. The summed E-state index contributed by atoms with van der Waals surface area (Å²) >= 11 is 3.00. The Morgan fingerprint density at radius 3 is 2.61 bits per heavy atom.